The summed E-state index contributed by atoms with van der Waals surface area (Å²) in [7, 11) is 0. The van der Waals surface area contributed by atoms with E-state index in [0.29, 0.717) is 35.4 Å². The van der Waals surface area contributed by atoms with E-state index in [4.69, 9.17) is 9.73 Å². The Bertz CT molecular complexity index is 689. The van der Waals surface area contributed by atoms with Crippen molar-refractivity contribution >= 4 is 29.9 Å². The molecule has 2 saturated heterocycles. The van der Waals surface area contributed by atoms with E-state index in [0.717, 1.165) is 32.2 Å². The molecular weight excluding hydrogens is 465 g/mol. The highest BCUT2D eigenvalue weighted by Gasteiger charge is 2.66. The fourth-order valence-corrected chi connectivity index (χ4v) is 6.08. The third-order valence-electron chi connectivity index (χ3n) is 7.75. The molecule has 1 spiro atoms. The zero-order valence-electron chi connectivity index (χ0n) is 17.1. The molecular formula is C21H34IN5O. The number of hydrogen-bond acceptors (Lipinski definition) is 3. The van der Waals surface area contributed by atoms with Crippen LogP contribution in [0, 0.1) is 17.3 Å². The van der Waals surface area contributed by atoms with Crippen LogP contribution in [0.3, 0.4) is 0 Å². The van der Waals surface area contributed by atoms with Gasteiger partial charge in [-0.1, -0.05) is 13.3 Å². The van der Waals surface area contributed by atoms with E-state index in [-0.39, 0.29) is 24.0 Å². The van der Waals surface area contributed by atoms with E-state index >= 15 is 0 Å². The first-order valence-corrected chi connectivity index (χ1v) is 10.9. The molecule has 2 saturated carbocycles. The van der Waals surface area contributed by atoms with Crippen molar-refractivity contribution in [2.24, 2.45) is 22.2 Å². The van der Waals surface area contributed by atoms with Gasteiger partial charge < -0.3 is 19.5 Å². The number of likely N-dealkylation sites (tertiary alicyclic amines) is 1. The third-order valence-corrected chi connectivity index (χ3v) is 7.75. The fraction of sp³-hybridized carbons (Fsp3) is 0.810. The lowest BCUT2D eigenvalue weighted by Crippen LogP contribution is -2.72. The number of piperidine rings is 1. The van der Waals surface area contributed by atoms with Gasteiger partial charge in [-0.2, -0.15) is 0 Å². The average Bonchev–Trinajstić information content (AvgIpc) is 3.29. The zero-order chi connectivity index (χ0) is 18.4. The van der Waals surface area contributed by atoms with E-state index in [1.165, 1.54) is 32.1 Å². The first kappa shape index (κ1) is 20.4. The predicted molar refractivity (Wildman–Crippen MR) is 121 cm³/mol. The molecule has 0 bridgehead atoms. The van der Waals surface area contributed by atoms with E-state index < -0.39 is 0 Å². The van der Waals surface area contributed by atoms with Crippen LogP contribution in [0.4, 0.5) is 0 Å². The van der Waals surface area contributed by atoms with Gasteiger partial charge in [0.2, 0.25) is 0 Å². The van der Waals surface area contributed by atoms with Crippen LogP contribution in [0.15, 0.2) is 23.7 Å². The van der Waals surface area contributed by atoms with Gasteiger partial charge in [0, 0.05) is 56.0 Å². The monoisotopic (exact) mass is 499 g/mol. The fourth-order valence-electron chi connectivity index (χ4n) is 6.08. The standard InChI is InChI=1S/C21H33N5O.HI/c1-3-23-20(24-18-16-6-12-27-19(16)21(18)7-4-8-21)25-10-5-15(2)17(13-25)26-11-9-22-14-26;/h9,11,14-19H,3-8,10,12-13H2,1-2H3,(H,23,24);1H. The lowest BCUT2D eigenvalue weighted by molar-refractivity contribution is -0.171. The van der Waals surface area contributed by atoms with Gasteiger partial charge in [0.1, 0.15) is 0 Å². The van der Waals surface area contributed by atoms with Crippen LogP contribution in [0.2, 0.25) is 0 Å². The molecule has 0 radical (unpaired) electrons. The molecule has 2 aliphatic carbocycles. The van der Waals surface area contributed by atoms with Gasteiger partial charge in [0.05, 0.1) is 18.5 Å². The normalized spacial score (nSPS) is 36.3. The maximum atomic E-state index is 6.10. The van der Waals surface area contributed by atoms with E-state index in [1.807, 2.05) is 12.5 Å². The highest BCUT2D eigenvalue weighted by Crippen LogP contribution is 2.62. The second-order valence-electron chi connectivity index (χ2n) is 9.04. The number of ether oxygens (including phenoxy) is 1. The number of aliphatic imine (C=N–C) groups is 1. The van der Waals surface area contributed by atoms with Crippen LogP contribution in [0.5, 0.6) is 0 Å². The molecule has 0 aromatic carbocycles. The number of rotatable bonds is 3. The lowest BCUT2D eigenvalue weighted by atomic mass is 9.46. The Morgan fingerprint density at radius 2 is 2.21 bits per heavy atom. The molecule has 0 amide bonds. The van der Waals surface area contributed by atoms with Gasteiger partial charge in [-0.05, 0) is 38.5 Å². The summed E-state index contributed by atoms with van der Waals surface area (Å²) in [6.07, 6.45) is 12.9. The van der Waals surface area contributed by atoms with Gasteiger partial charge in [-0.15, -0.1) is 24.0 Å². The lowest BCUT2D eigenvalue weighted by Gasteiger charge is -2.63. The summed E-state index contributed by atoms with van der Waals surface area (Å²) in [5, 5.41) is 3.94. The quantitative estimate of drug-likeness (QED) is 0.394. The van der Waals surface area contributed by atoms with Crippen molar-refractivity contribution in [3.63, 3.8) is 0 Å². The van der Waals surface area contributed by atoms with Crippen molar-refractivity contribution < 1.29 is 4.74 Å². The predicted octanol–water partition coefficient (Wildman–Crippen LogP) is 3.31. The second-order valence-corrected chi connectivity index (χ2v) is 9.04. The smallest absolute Gasteiger partial charge is 0.194 e. The van der Waals surface area contributed by atoms with Crippen molar-refractivity contribution in [3.05, 3.63) is 18.7 Å². The molecule has 28 heavy (non-hydrogen) atoms. The van der Waals surface area contributed by atoms with Crippen LogP contribution in [0.25, 0.3) is 0 Å². The Labute approximate surface area is 185 Å². The molecule has 156 valence electrons. The summed E-state index contributed by atoms with van der Waals surface area (Å²) in [4.78, 5) is 11.7. The molecule has 3 heterocycles. The minimum absolute atomic E-state index is 0. The van der Waals surface area contributed by atoms with E-state index in [1.54, 1.807) is 0 Å². The molecule has 6 nitrogen and oxygen atoms in total. The van der Waals surface area contributed by atoms with Crippen LogP contribution in [-0.4, -0.2) is 58.8 Å². The van der Waals surface area contributed by atoms with Crippen molar-refractivity contribution in [3.8, 4) is 0 Å². The number of halogens is 1. The summed E-state index contributed by atoms with van der Waals surface area (Å²) in [5.41, 5.74) is 0.391. The van der Waals surface area contributed by atoms with Gasteiger partial charge in [0.25, 0.3) is 0 Å². The highest BCUT2D eigenvalue weighted by molar-refractivity contribution is 14.0. The van der Waals surface area contributed by atoms with Crippen molar-refractivity contribution in [2.45, 2.75) is 64.1 Å². The van der Waals surface area contributed by atoms with E-state index in [2.05, 4.69) is 39.8 Å². The maximum absolute atomic E-state index is 6.10. The van der Waals surface area contributed by atoms with Gasteiger partial charge in [-0.25, -0.2) is 4.98 Å². The van der Waals surface area contributed by atoms with Crippen molar-refractivity contribution in [1.82, 2.24) is 19.8 Å². The summed E-state index contributed by atoms with van der Waals surface area (Å²) >= 11 is 0. The molecule has 7 heteroatoms. The molecule has 5 rings (SSSR count). The highest BCUT2D eigenvalue weighted by atomic mass is 127. The number of fused-ring (bicyclic) bond motifs is 2. The Kier molecular flexibility index (Phi) is 5.93. The topological polar surface area (TPSA) is 54.7 Å². The number of aromatic nitrogens is 2. The van der Waals surface area contributed by atoms with Crippen molar-refractivity contribution in [1.29, 1.82) is 0 Å². The van der Waals surface area contributed by atoms with Crippen LogP contribution in [-0.2, 0) is 4.74 Å². The minimum Gasteiger partial charge on any atom is -0.377 e. The SMILES string of the molecule is CCN=C(NC1C2CCOC2C12CCC2)N1CCC(C)C(n2ccnc2)C1.I. The molecule has 1 N–H and O–H groups in total. The first-order valence-electron chi connectivity index (χ1n) is 10.9. The first-order chi connectivity index (χ1) is 13.2. The molecule has 4 fully saturated rings. The van der Waals surface area contributed by atoms with Gasteiger partial charge in [0.15, 0.2) is 5.96 Å². The molecule has 1 aromatic rings. The van der Waals surface area contributed by atoms with Crippen LogP contribution in [0.1, 0.15) is 52.0 Å². The number of imidazole rings is 1. The van der Waals surface area contributed by atoms with Crippen LogP contribution < -0.4 is 5.32 Å². The Morgan fingerprint density at radius 1 is 1.36 bits per heavy atom. The summed E-state index contributed by atoms with van der Waals surface area (Å²) in [6.45, 7) is 8.37. The molecule has 5 atom stereocenters. The molecule has 2 aliphatic heterocycles. The van der Waals surface area contributed by atoms with E-state index in [9.17, 15) is 0 Å². The Hall–Kier alpha value is -0.830. The van der Waals surface area contributed by atoms with Crippen molar-refractivity contribution in [2.75, 3.05) is 26.2 Å². The van der Waals surface area contributed by atoms with Gasteiger partial charge in [-0.3, -0.25) is 4.99 Å². The maximum Gasteiger partial charge on any atom is 0.194 e. The largest absolute Gasteiger partial charge is 0.377 e. The minimum atomic E-state index is 0. The Morgan fingerprint density at radius 3 is 2.89 bits per heavy atom. The molecule has 1 aromatic heterocycles. The number of hydrogen-bond donors (Lipinski definition) is 1. The third kappa shape index (κ3) is 3.16. The molecule has 4 aliphatic rings. The van der Waals surface area contributed by atoms with Crippen LogP contribution >= 0.6 is 24.0 Å². The number of guanidine groups is 1. The summed E-state index contributed by atoms with van der Waals surface area (Å²) in [6, 6.07) is 1.02. The second kappa shape index (κ2) is 8.13. The summed E-state index contributed by atoms with van der Waals surface area (Å²) in [5.74, 6) is 2.46. The zero-order valence-corrected chi connectivity index (χ0v) is 19.4. The number of nitrogens with one attached hydrogen (secondary N) is 1. The summed E-state index contributed by atoms with van der Waals surface area (Å²) < 4.78 is 8.38. The molecule has 5 unspecified atom stereocenters. The Balaban J connectivity index is 0.00000192. The average molecular weight is 499 g/mol. The van der Waals surface area contributed by atoms with Gasteiger partial charge >= 0.3 is 0 Å². The number of nitrogens with zero attached hydrogens (tertiary/aromatic N) is 4.